The van der Waals surface area contributed by atoms with Crippen molar-refractivity contribution >= 4 is 36.8 Å². The Hall–Kier alpha value is -1.11. The topological polar surface area (TPSA) is 145 Å². The van der Waals surface area contributed by atoms with Crippen LogP contribution in [0.15, 0.2) is 0 Å². The van der Waals surface area contributed by atoms with Crippen LogP contribution in [0.25, 0.3) is 0 Å². The van der Waals surface area contributed by atoms with E-state index in [1.807, 2.05) is 0 Å². The van der Waals surface area contributed by atoms with Crippen molar-refractivity contribution in [1.82, 2.24) is 0 Å². The maximum absolute atomic E-state index is 11.9. The second-order valence-corrected chi connectivity index (χ2v) is 7.05. The van der Waals surface area contributed by atoms with Gasteiger partial charge in [-0.15, -0.1) is 0 Å². The Morgan fingerprint density at radius 2 is 1.65 bits per heavy atom. The summed E-state index contributed by atoms with van der Waals surface area (Å²) >= 11 is 0. The predicted molar refractivity (Wildman–Crippen MR) is 93.1 cm³/mol. The summed E-state index contributed by atoms with van der Waals surface area (Å²) in [5, 5.41) is 18.9. The van der Waals surface area contributed by atoms with E-state index in [0.29, 0.717) is 26.1 Å². The van der Waals surface area contributed by atoms with Gasteiger partial charge in [-0.2, -0.15) is 0 Å². The maximum atomic E-state index is 11.9. The monoisotopic (exact) mass is 369 g/mol. The molecule has 9 nitrogen and oxygen atoms in total. The minimum absolute atomic E-state index is 0. The molecule has 4 N–H and O–H groups in total. The molecule has 1 saturated heterocycles. The Bertz CT molecular complexity index is 485. The number of carboxylic acids is 2. The first-order valence-electron chi connectivity index (χ1n) is 8.19. The Balaban J connectivity index is 0.00000625. The summed E-state index contributed by atoms with van der Waals surface area (Å²) in [6.07, 6.45) is -0.383. The summed E-state index contributed by atoms with van der Waals surface area (Å²) in [4.78, 5) is 35.2. The van der Waals surface area contributed by atoms with Crippen LogP contribution in [0.2, 0.25) is 0 Å². The number of nitrogens with two attached hydrogens (primary N) is 1. The fourth-order valence-corrected chi connectivity index (χ4v) is 2.40. The van der Waals surface area contributed by atoms with Gasteiger partial charge in [-0.3, -0.25) is 4.79 Å². The number of aliphatic carboxylic acids is 2. The van der Waals surface area contributed by atoms with Crippen molar-refractivity contribution in [1.29, 1.82) is 0 Å². The molecule has 0 aliphatic carbocycles. The van der Waals surface area contributed by atoms with Crippen LogP contribution in [0.1, 0.15) is 46.5 Å². The van der Waals surface area contributed by atoms with E-state index < -0.39 is 47.7 Å². The Kier molecular flexibility index (Phi) is 9.84. The summed E-state index contributed by atoms with van der Waals surface area (Å²) < 4.78 is 15.7. The van der Waals surface area contributed by atoms with Crippen LogP contribution in [0, 0.1) is 0 Å². The van der Waals surface area contributed by atoms with E-state index in [9.17, 15) is 24.6 Å². The van der Waals surface area contributed by atoms with Crippen LogP contribution in [0.3, 0.4) is 0 Å². The van der Waals surface area contributed by atoms with Gasteiger partial charge < -0.3 is 30.2 Å². The van der Waals surface area contributed by atoms with Crippen molar-refractivity contribution in [2.24, 2.45) is 5.73 Å². The van der Waals surface area contributed by atoms with Crippen LogP contribution in [-0.2, 0) is 28.6 Å². The molecule has 10 heteroatoms. The standard InChI is InChI=1S/C16H27NO8.Li.H/c1-15(2,3)25-12(18)11(17)4-7-16(13(19)20,14(21)22)24-10-5-8-23-9-6-10;;/h10-11H,4-9,17H2,1-3H3,(H,19,20)(H,21,22);;. The second-order valence-electron chi connectivity index (χ2n) is 7.05. The first-order chi connectivity index (χ1) is 11.5. The Morgan fingerprint density at radius 1 is 1.15 bits per heavy atom. The molecule has 1 aliphatic rings. The van der Waals surface area contributed by atoms with Gasteiger partial charge in [-0.05, 0) is 40.0 Å². The average Bonchev–Trinajstić information content (AvgIpc) is 2.49. The number of esters is 1. The third-order valence-electron chi connectivity index (χ3n) is 3.74. The zero-order chi connectivity index (χ0) is 19.3. The molecule has 1 fully saturated rings. The zero-order valence-electron chi connectivity index (χ0n) is 14.8. The van der Waals surface area contributed by atoms with E-state index in [1.165, 1.54) is 0 Å². The van der Waals surface area contributed by atoms with Gasteiger partial charge in [0.2, 0.25) is 0 Å². The summed E-state index contributed by atoms with van der Waals surface area (Å²) in [5.41, 5.74) is 2.53. The molecule has 1 heterocycles. The van der Waals surface area contributed by atoms with Gasteiger partial charge in [0.25, 0.3) is 5.60 Å². The summed E-state index contributed by atoms with van der Waals surface area (Å²) in [5.74, 6) is -3.96. The quantitative estimate of drug-likeness (QED) is 0.303. The van der Waals surface area contributed by atoms with E-state index >= 15 is 0 Å². The van der Waals surface area contributed by atoms with Gasteiger partial charge >= 0.3 is 36.8 Å². The van der Waals surface area contributed by atoms with Crippen LogP contribution in [0.5, 0.6) is 0 Å². The zero-order valence-corrected chi connectivity index (χ0v) is 14.8. The van der Waals surface area contributed by atoms with Crippen molar-refractivity contribution in [3.05, 3.63) is 0 Å². The molecule has 0 amide bonds. The molecular formula is C16H28LiNO8. The second kappa shape index (κ2) is 10.3. The van der Waals surface area contributed by atoms with Crippen molar-refractivity contribution in [2.45, 2.75) is 69.8 Å². The predicted octanol–water partition coefficient (Wildman–Crippen LogP) is -0.109. The molecule has 0 aromatic carbocycles. The number of hydrogen-bond acceptors (Lipinski definition) is 7. The number of carbonyl (C=O) groups excluding carboxylic acids is 1. The average molecular weight is 369 g/mol. The Morgan fingerprint density at radius 3 is 2.08 bits per heavy atom. The van der Waals surface area contributed by atoms with Gasteiger partial charge in [0.15, 0.2) is 0 Å². The van der Waals surface area contributed by atoms with E-state index in [2.05, 4.69) is 0 Å². The summed E-state index contributed by atoms with van der Waals surface area (Å²) in [7, 11) is 0. The number of carboxylic acid groups (broad SMARTS) is 2. The van der Waals surface area contributed by atoms with Crippen molar-refractivity contribution in [3.8, 4) is 0 Å². The third-order valence-corrected chi connectivity index (χ3v) is 3.74. The van der Waals surface area contributed by atoms with Gasteiger partial charge in [0.05, 0.1) is 6.10 Å². The molecule has 1 atom stereocenters. The fraction of sp³-hybridized carbons (Fsp3) is 0.812. The normalized spacial score (nSPS) is 17.1. The van der Waals surface area contributed by atoms with E-state index in [4.69, 9.17) is 19.9 Å². The van der Waals surface area contributed by atoms with Gasteiger partial charge in [0.1, 0.15) is 11.6 Å². The molecule has 0 radical (unpaired) electrons. The Labute approximate surface area is 164 Å². The number of rotatable bonds is 8. The van der Waals surface area contributed by atoms with E-state index in [0.717, 1.165) is 0 Å². The first kappa shape index (κ1) is 24.9. The molecule has 146 valence electrons. The number of hydrogen-bond donors (Lipinski definition) is 3. The molecule has 0 aromatic rings. The molecule has 0 bridgehead atoms. The molecule has 0 saturated carbocycles. The van der Waals surface area contributed by atoms with Crippen molar-refractivity contribution < 1.29 is 38.8 Å². The molecule has 0 aromatic heterocycles. The number of ether oxygens (including phenoxy) is 3. The molecule has 1 rings (SSSR count). The first-order valence-corrected chi connectivity index (χ1v) is 8.19. The molecule has 26 heavy (non-hydrogen) atoms. The third kappa shape index (κ3) is 7.25. The van der Waals surface area contributed by atoms with E-state index in [1.54, 1.807) is 20.8 Å². The van der Waals surface area contributed by atoms with Crippen LogP contribution in [0.4, 0.5) is 0 Å². The van der Waals surface area contributed by atoms with Crippen LogP contribution >= 0.6 is 0 Å². The minimum atomic E-state index is -2.46. The molecule has 1 aliphatic heterocycles. The van der Waals surface area contributed by atoms with Crippen LogP contribution < -0.4 is 5.73 Å². The molecular weight excluding hydrogens is 341 g/mol. The molecule has 0 spiro atoms. The summed E-state index contributed by atoms with van der Waals surface area (Å²) in [6.45, 7) is 5.76. The van der Waals surface area contributed by atoms with Gasteiger partial charge in [-0.1, -0.05) is 0 Å². The van der Waals surface area contributed by atoms with Crippen LogP contribution in [-0.4, -0.2) is 83.5 Å². The van der Waals surface area contributed by atoms with Gasteiger partial charge in [0, 0.05) is 19.6 Å². The van der Waals surface area contributed by atoms with Crippen molar-refractivity contribution in [2.75, 3.05) is 13.2 Å². The SMILES string of the molecule is CC(C)(C)OC(=O)C(N)CCC(OC1CCOCC1)(C(=O)O)C(=O)O.[LiH]. The van der Waals surface area contributed by atoms with Gasteiger partial charge in [-0.25, -0.2) is 9.59 Å². The summed E-state index contributed by atoms with van der Waals surface area (Å²) in [6, 6.07) is -1.14. The van der Waals surface area contributed by atoms with E-state index in [-0.39, 0.29) is 25.3 Å². The fourth-order valence-electron chi connectivity index (χ4n) is 2.40. The van der Waals surface area contributed by atoms with Crippen molar-refractivity contribution in [3.63, 3.8) is 0 Å². The molecule has 1 unspecified atom stereocenters. The number of carbonyl (C=O) groups is 3.